The molecule has 0 atom stereocenters. The molecule has 0 saturated carbocycles. The van der Waals surface area contributed by atoms with E-state index in [9.17, 15) is 9.59 Å². The Morgan fingerprint density at radius 3 is 2.70 bits per heavy atom. The van der Waals surface area contributed by atoms with Gasteiger partial charge in [0.1, 0.15) is 11.3 Å². The Kier molecular flexibility index (Phi) is 3.88. The number of hydrogen-bond acceptors (Lipinski definition) is 5. The van der Waals surface area contributed by atoms with Gasteiger partial charge in [-0.15, -0.1) is 11.3 Å². The molecule has 0 spiro atoms. The molecule has 132 valence electrons. The van der Waals surface area contributed by atoms with E-state index in [4.69, 9.17) is 4.42 Å². The molecule has 4 nitrogen and oxygen atoms in total. The Morgan fingerprint density at radius 1 is 1.00 bits per heavy atom. The van der Waals surface area contributed by atoms with E-state index in [-0.39, 0.29) is 11.1 Å². The van der Waals surface area contributed by atoms with Crippen molar-refractivity contribution < 1.29 is 14.0 Å². The van der Waals surface area contributed by atoms with Gasteiger partial charge in [0, 0.05) is 21.4 Å². The number of thioether (sulfide) groups is 1. The summed E-state index contributed by atoms with van der Waals surface area (Å²) in [6, 6.07) is 18.3. The van der Waals surface area contributed by atoms with E-state index in [0.29, 0.717) is 4.91 Å². The number of fused-ring (bicyclic) bond motifs is 2. The van der Waals surface area contributed by atoms with Crippen LogP contribution in [-0.4, -0.2) is 11.1 Å². The standard InChI is InChI=1S/C21H13NO3S2/c23-20-19(27-21(24)22-20)8-12-5-6-17-14(7-12)9-15(25-17)11-16-10-13-3-1-2-4-18(13)26-16/h1-10H,11H2,(H,22,23,24). The van der Waals surface area contributed by atoms with Crippen LogP contribution in [0.25, 0.3) is 27.1 Å². The number of thiophene rings is 1. The van der Waals surface area contributed by atoms with Gasteiger partial charge in [0.05, 0.1) is 4.91 Å². The SMILES string of the molecule is O=C1NC(=O)C(=Cc2ccc3oc(Cc4cc5ccccc5s4)cc3c2)S1. The highest BCUT2D eigenvalue weighted by Gasteiger charge is 2.24. The summed E-state index contributed by atoms with van der Waals surface area (Å²) in [5.41, 5.74) is 1.68. The Bertz CT molecular complexity index is 1220. The molecule has 27 heavy (non-hydrogen) atoms. The van der Waals surface area contributed by atoms with Crippen LogP contribution in [0.4, 0.5) is 4.79 Å². The van der Waals surface area contributed by atoms with E-state index in [1.54, 1.807) is 17.4 Å². The number of furan rings is 1. The van der Waals surface area contributed by atoms with Gasteiger partial charge in [-0.1, -0.05) is 24.3 Å². The number of amides is 2. The molecular formula is C21H13NO3S2. The van der Waals surface area contributed by atoms with Crippen molar-refractivity contribution in [1.82, 2.24) is 5.32 Å². The lowest BCUT2D eigenvalue weighted by atomic mass is 10.1. The van der Waals surface area contributed by atoms with Crippen molar-refractivity contribution in [3.63, 3.8) is 0 Å². The Labute approximate surface area is 162 Å². The van der Waals surface area contributed by atoms with Crippen molar-refractivity contribution in [2.45, 2.75) is 6.42 Å². The van der Waals surface area contributed by atoms with E-state index >= 15 is 0 Å². The summed E-state index contributed by atoms with van der Waals surface area (Å²) in [4.78, 5) is 24.6. The average molecular weight is 391 g/mol. The monoisotopic (exact) mass is 391 g/mol. The summed E-state index contributed by atoms with van der Waals surface area (Å²) in [5.74, 6) is 0.562. The third kappa shape index (κ3) is 3.18. The van der Waals surface area contributed by atoms with Crippen LogP contribution in [0.1, 0.15) is 16.2 Å². The lowest BCUT2D eigenvalue weighted by Crippen LogP contribution is -2.17. The predicted molar refractivity (Wildman–Crippen MR) is 110 cm³/mol. The first-order valence-corrected chi connectivity index (χ1v) is 10.0. The van der Waals surface area contributed by atoms with Gasteiger partial charge in [-0.2, -0.15) is 0 Å². The lowest BCUT2D eigenvalue weighted by molar-refractivity contribution is -0.115. The van der Waals surface area contributed by atoms with Crippen LogP contribution >= 0.6 is 23.1 Å². The second kappa shape index (κ2) is 6.40. The fourth-order valence-electron chi connectivity index (χ4n) is 3.16. The van der Waals surface area contributed by atoms with Crippen LogP contribution < -0.4 is 5.32 Å². The number of nitrogens with one attached hydrogen (secondary N) is 1. The molecule has 0 radical (unpaired) electrons. The number of imide groups is 1. The minimum absolute atomic E-state index is 0.332. The first-order chi connectivity index (χ1) is 13.1. The van der Waals surface area contributed by atoms with Crippen molar-refractivity contribution in [1.29, 1.82) is 0 Å². The molecule has 1 fully saturated rings. The first kappa shape index (κ1) is 16.4. The molecule has 1 aliphatic heterocycles. The van der Waals surface area contributed by atoms with Crippen LogP contribution in [0.3, 0.4) is 0 Å². The summed E-state index contributed by atoms with van der Waals surface area (Å²) < 4.78 is 7.26. The molecule has 5 rings (SSSR count). The summed E-state index contributed by atoms with van der Waals surface area (Å²) >= 11 is 2.70. The zero-order valence-electron chi connectivity index (χ0n) is 14.0. The van der Waals surface area contributed by atoms with E-state index in [0.717, 1.165) is 40.5 Å². The van der Waals surface area contributed by atoms with Gasteiger partial charge in [-0.3, -0.25) is 14.9 Å². The molecule has 1 aliphatic rings. The zero-order chi connectivity index (χ0) is 18.4. The summed E-state index contributed by atoms with van der Waals surface area (Å²) in [7, 11) is 0. The number of carbonyl (C=O) groups is 2. The molecule has 0 bridgehead atoms. The number of rotatable bonds is 3. The molecule has 0 aliphatic carbocycles. The van der Waals surface area contributed by atoms with Gasteiger partial charge in [0.2, 0.25) is 0 Å². The molecule has 2 aromatic heterocycles. The summed E-state index contributed by atoms with van der Waals surface area (Å²) in [6.07, 6.45) is 2.47. The normalized spacial score (nSPS) is 15.9. The Balaban J connectivity index is 1.44. The van der Waals surface area contributed by atoms with Crippen LogP contribution in [0.5, 0.6) is 0 Å². The van der Waals surface area contributed by atoms with E-state index in [1.165, 1.54) is 15.0 Å². The largest absolute Gasteiger partial charge is 0.461 e. The fraction of sp³-hybridized carbons (Fsp3) is 0.0476. The van der Waals surface area contributed by atoms with Gasteiger partial charge in [-0.25, -0.2) is 0 Å². The maximum Gasteiger partial charge on any atom is 0.290 e. The third-order valence-electron chi connectivity index (χ3n) is 4.36. The van der Waals surface area contributed by atoms with Crippen LogP contribution in [-0.2, 0) is 11.2 Å². The van der Waals surface area contributed by atoms with E-state index in [2.05, 4.69) is 29.6 Å². The number of hydrogen-bond donors (Lipinski definition) is 1. The molecule has 4 aromatic rings. The zero-order valence-corrected chi connectivity index (χ0v) is 15.7. The Hall–Kier alpha value is -2.83. The summed E-state index contributed by atoms with van der Waals surface area (Å²) in [6.45, 7) is 0. The average Bonchev–Trinajstić information content (AvgIpc) is 3.31. The molecule has 1 saturated heterocycles. The summed E-state index contributed by atoms with van der Waals surface area (Å²) in [5, 5.41) is 4.17. The molecule has 2 amide bonds. The predicted octanol–water partition coefficient (Wildman–Crippen LogP) is 5.56. The highest BCUT2D eigenvalue weighted by Crippen LogP contribution is 2.30. The molecule has 6 heteroatoms. The maximum atomic E-state index is 11.7. The minimum atomic E-state index is -0.345. The topological polar surface area (TPSA) is 59.3 Å². The van der Waals surface area contributed by atoms with E-state index < -0.39 is 0 Å². The van der Waals surface area contributed by atoms with Gasteiger partial charge >= 0.3 is 0 Å². The van der Waals surface area contributed by atoms with Crippen LogP contribution in [0.15, 0.2) is 63.9 Å². The molecular weight excluding hydrogens is 378 g/mol. The minimum Gasteiger partial charge on any atom is -0.461 e. The van der Waals surface area contributed by atoms with Crippen molar-refractivity contribution in [3.8, 4) is 0 Å². The van der Waals surface area contributed by atoms with E-state index in [1.807, 2.05) is 30.3 Å². The van der Waals surface area contributed by atoms with Crippen LogP contribution in [0.2, 0.25) is 0 Å². The number of benzene rings is 2. The quantitative estimate of drug-likeness (QED) is 0.464. The van der Waals surface area contributed by atoms with Gasteiger partial charge in [-0.05, 0) is 59.1 Å². The maximum absolute atomic E-state index is 11.7. The first-order valence-electron chi connectivity index (χ1n) is 8.39. The Morgan fingerprint density at radius 2 is 1.89 bits per heavy atom. The molecule has 0 unspecified atom stereocenters. The van der Waals surface area contributed by atoms with Crippen molar-refractivity contribution >= 4 is 61.4 Å². The molecule has 2 aromatic carbocycles. The van der Waals surface area contributed by atoms with Crippen molar-refractivity contribution in [2.24, 2.45) is 0 Å². The van der Waals surface area contributed by atoms with Gasteiger partial charge in [0.25, 0.3) is 11.1 Å². The third-order valence-corrected chi connectivity index (χ3v) is 6.28. The van der Waals surface area contributed by atoms with Gasteiger partial charge in [0.15, 0.2) is 0 Å². The highest BCUT2D eigenvalue weighted by molar-refractivity contribution is 8.18. The van der Waals surface area contributed by atoms with Crippen molar-refractivity contribution in [2.75, 3.05) is 0 Å². The second-order valence-electron chi connectivity index (χ2n) is 6.29. The molecule has 1 N–H and O–H groups in total. The molecule has 3 heterocycles. The van der Waals surface area contributed by atoms with Crippen molar-refractivity contribution in [3.05, 3.63) is 75.7 Å². The fourth-order valence-corrected chi connectivity index (χ4v) is 4.92. The second-order valence-corrected chi connectivity index (χ2v) is 8.47. The smallest absolute Gasteiger partial charge is 0.290 e. The highest BCUT2D eigenvalue weighted by atomic mass is 32.2. The van der Waals surface area contributed by atoms with Crippen LogP contribution in [0, 0.1) is 0 Å². The van der Waals surface area contributed by atoms with Gasteiger partial charge < -0.3 is 4.42 Å². The lowest BCUT2D eigenvalue weighted by Gasteiger charge is -1.95. The number of carbonyl (C=O) groups excluding carboxylic acids is 2.